The van der Waals surface area contributed by atoms with E-state index in [1.807, 2.05) is 12.1 Å². The molecule has 3 rings (SSSR count). The maximum atomic E-state index is 12.6. The zero-order valence-corrected chi connectivity index (χ0v) is 18.9. The number of benzene rings is 1. The molecule has 2 aromatic rings. The number of thiophene rings is 1. The second-order valence-electron chi connectivity index (χ2n) is 7.02. The second-order valence-corrected chi connectivity index (χ2v) is 10.9. The van der Waals surface area contributed by atoms with Gasteiger partial charge in [0.1, 0.15) is 0 Å². The first-order valence-corrected chi connectivity index (χ1v) is 11.9. The molecule has 0 atom stereocenters. The Morgan fingerprint density at radius 1 is 1.14 bits per heavy atom. The van der Waals surface area contributed by atoms with Crippen LogP contribution in [-0.2, 0) is 23.1 Å². The van der Waals surface area contributed by atoms with Gasteiger partial charge in [-0.2, -0.15) is 0 Å². The minimum Gasteiger partial charge on any atom is -0.334 e. The van der Waals surface area contributed by atoms with Crippen LogP contribution in [0.2, 0.25) is 4.34 Å². The molecule has 1 aliphatic rings. The monoisotopic (exact) mass is 456 g/mol. The number of sulfonamides is 1. The molecule has 1 aromatic heterocycles. The molecule has 0 spiro atoms. The lowest BCUT2D eigenvalue weighted by molar-refractivity contribution is 0.135. The van der Waals surface area contributed by atoms with Crippen molar-refractivity contribution in [3.8, 4) is 0 Å². The summed E-state index contributed by atoms with van der Waals surface area (Å²) in [6.07, 6.45) is 0. The van der Waals surface area contributed by atoms with Crippen molar-refractivity contribution in [3.05, 3.63) is 51.2 Å². The Labute approximate surface area is 180 Å². The van der Waals surface area contributed by atoms with Gasteiger partial charge in [-0.15, -0.1) is 11.3 Å². The van der Waals surface area contributed by atoms with Crippen molar-refractivity contribution < 1.29 is 13.2 Å². The molecule has 0 unspecified atom stereocenters. The minimum atomic E-state index is -3.56. The van der Waals surface area contributed by atoms with Crippen LogP contribution in [0.3, 0.4) is 0 Å². The molecule has 158 valence electrons. The minimum absolute atomic E-state index is 0.163. The molecule has 0 bridgehead atoms. The molecule has 1 aliphatic heterocycles. The van der Waals surface area contributed by atoms with E-state index in [0.29, 0.717) is 18.7 Å². The van der Waals surface area contributed by atoms with Crippen molar-refractivity contribution >= 4 is 39.0 Å². The van der Waals surface area contributed by atoms with Crippen molar-refractivity contribution in [2.45, 2.75) is 18.0 Å². The van der Waals surface area contributed by atoms with E-state index in [2.05, 4.69) is 10.2 Å². The Morgan fingerprint density at radius 3 is 2.45 bits per heavy atom. The summed E-state index contributed by atoms with van der Waals surface area (Å²) in [5.74, 6) is 0. The van der Waals surface area contributed by atoms with Crippen LogP contribution in [0.15, 0.2) is 41.3 Å². The Balaban J connectivity index is 1.53. The maximum Gasteiger partial charge on any atom is 0.317 e. The summed E-state index contributed by atoms with van der Waals surface area (Å²) < 4.78 is 26.9. The quantitative estimate of drug-likeness (QED) is 0.725. The fourth-order valence-electron chi connectivity index (χ4n) is 3.15. The molecule has 1 aromatic carbocycles. The maximum absolute atomic E-state index is 12.6. The van der Waals surface area contributed by atoms with Crippen LogP contribution in [0, 0.1) is 0 Å². The van der Waals surface area contributed by atoms with Gasteiger partial charge in [0.15, 0.2) is 0 Å². The summed E-state index contributed by atoms with van der Waals surface area (Å²) in [5, 5.41) is 2.86. The zero-order chi connectivity index (χ0) is 21.0. The normalized spacial score (nSPS) is 15.7. The average Bonchev–Trinajstić information content (AvgIpc) is 3.11. The highest BCUT2D eigenvalue weighted by molar-refractivity contribution is 7.89. The van der Waals surface area contributed by atoms with Gasteiger partial charge in [0.05, 0.1) is 9.23 Å². The molecular weight excluding hydrogens is 432 g/mol. The predicted molar refractivity (Wildman–Crippen MR) is 116 cm³/mol. The summed E-state index contributed by atoms with van der Waals surface area (Å²) in [6, 6.07) is 10.5. The number of carbonyl (C=O) groups is 1. The Morgan fingerprint density at radius 2 is 1.83 bits per heavy atom. The number of hydrogen-bond acceptors (Lipinski definition) is 5. The lowest BCUT2D eigenvalue weighted by Crippen LogP contribution is -2.51. The second kappa shape index (κ2) is 9.44. The smallest absolute Gasteiger partial charge is 0.317 e. The molecule has 0 radical (unpaired) electrons. The van der Waals surface area contributed by atoms with Gasteiger partial charge in [-0.25, -0.2) is 17.5 Å². The number of piperazine rings is 1. The molecule has 1 saturated heterocycles. The van der Waals surface area contributed by atoms with Crippen LogP contribution >= 0.6 is 22.9 Å². The summed E-state index contributed by atoms with van der Waals surface area (Å²) >= 11 is 7.56. The Hall–Kier alpha value is -1.65. The third-order valence-electron chi connectivity index (χ3n) is 4.83. The molecule has 0 aliphatic carbocycles. The lowest BCUT2D eigenvalue weighted by atomic mass is 10.2. The first kappa shape index (κ1) is 22.0. The van der Waals surface area contributed by atoms with Crippen LogP contribution in [-0.4, -0.2) is 68.8 Å². The predicted octanol–water partition coefficient (Wildman–Crippen LogP) is 2.68. The topological polar surface area (TPSA) is 73.0 Å². The SMILES string of the molecule is CN(C)S(=O)(=O)c1ccccc1CNC(=O)N1CCN(Cc2ccc(Cl)s2)CC1. The summed E-state index contributed by atoms with van der Waals surface area (Å²) in [4.78, 5) is 18.0. The number of nitrogens with zero attached hydrogens (tertiary/aromatic N) is 3. The van der Waals surface area contributed by atoms with Gasteiger partial charge >= 0.3 is 6.03 Å². The van der Waals surface area contributed by atoms with Crippen LogP contribution in [0.5, 0.6) is 0 Å². The van der Waals surface area contributed by atoms with E-state index >= 15 is 0 Å². The van der Waals surface area contributed by atoms with Crippen molar-refractivity contribution in [2.75, 3.05) is 40.3 Å². The summed E-state index contributed by atoms with van der Waals surface area (Å²) in [7, 11) is -0.574. The lowest BCUT2D eigenvalue weighted by Gasteiger charge is -2.34. The highest BCUT2D eigenvalue weighted by Gasteiger charge is 2.23. The molecule has 7 nitrogen and oxygen atoms in total. The van der Waals surface area contributed by atoms with E-state index in [1.165, 1.54) is 23.3 Å². The van der Waals surface area contributed by atoms with Crippen LogP contribution in [0.1, 0.15) is 10.4 Å². The van der Waals surface area contributed by atoms with Crippen LogP contribution in [0.4, 0.5) is 4.79 Å². The van der Waals surface area contributed by atoms with E-state index in [-0.39, 0.29) is 17.5 Å². The number of nitrogens with one attached hydrogen (secondary N) is 1. The first-order chi connectivity index (χ1) is 13.8. The summed E-state index contributed by atoms with van der Waals surface area (Å²) in [5.41, 5.74) is 0.572. The molecule has 29 heavy (non-hydrogen) atoms. The zero-order valence-electron chi connectivity index (χ0n) is 16.5. The van der Waals surface area contributed by atoms with Crippen molar-refractivity contribution in [1.82, 2.24) is 19.4 Å². The molecule has 10 heteroatoms. The van der Waals surface area contributed by atoms with E-state index in [9.17, 15) is 13.2 Å². The Bertz CT molecular complexity index is 954. The van der Waals surface area contributed by atoms with Gasteiger partial charge in [0.25, 0.3) is 0 Å². The van der Waals surface area contributed by atoms with Crippen molar-refractivity contribution in [3.63, 3.8) is 0 Å². The highest BCUT2D eigenvalue weighted by atomic mass is 35.5. The van der Waals surface area contributed by atoms with Crippen molar-refractivity contribution in [2.24, 2.45) is 0 Å². The van der Waals surface area contributed by atoms with Crippen LogP contribution < -0.4 is 5.32 Å². The fraction of sp³-hybridized carbons (Fsp3) is 0.421. The van der Waals surface area contributed by atoms with Gasteiger partial charge in [0, 0.05) is 58.2 Å². The van der Waals surface area contributed by atoms with Gasteiger partial charge in [-0.1, -0.05) is 29.8 Å². The van der Waals surface area contributed by atoms with Crippen molar-refractivity contribution in [1.29, 1.82) is 0 Å². The Kier molecular flexibility index (Phi) is 7.18. The molecule has 2 heterocycles. The van der Waals surface area contributed by atoms with Gasteiger partial charge in [-0.3, -0.25) is 4.90 Å². The van der Waals surface area contributed by atoms with Crippen LogP contribution in [0.25, 0.3) is 0 Å². The summed E-state index contributed by atoms with van der Waals surface area (Å²) in [6.45, 7) is 3.83. The van der Waals surface area contributed by atoms with E-state index in [0.717, 1.165) is 24.0 Å². The van der Waals surface area contributed by atoms with Gasteiger partial charge in [0.2, 0.25) is 10.0 Å². The van der Waals surface area contributed by atoms with E-state index in [4.69, 9.17) is 11.6 Å². The number of carbonyl (C=O) groups excluding carboxylic acids is 1. The number of halogens is 1. The molecular formula is C19H25ClN4O3S2. The fourth-order valence-corrected chi connectivity index (χ4v) is 5.39. The molecule has 1 fully saturated rings. The average molecular weight is 457 g/mol. The molecule has 1 N–H and O–H groups in total. The first-order valence-electron chi connectivity index (χ1n) is 9.27. The third-order valence-corrected chi connectivity index (χ3v) is 7.96. The van der Waals surface area contributed by atoms with Gasteiger partial charge < -0.3 is 10.2 Å². The number of urea groups is 1. The third kappa shape index (κ3) is 5.49. The number of amides is 2. The highest BCUT2D eigenvalue weighted by Crippen LogP contribution is 2.23. The molecule has 2 amide bonds. The largest absolute Gasteiger partial charge is 0.334 e. The van der Waals surface area contributed by atoms with E-state index in [1.54, 1.807) is 40.5 Å². The van der Waals surface area contributed by atoms with Gasteiger partial charge in [-0.05, 0) is 23.8 Å². The van der Waals surface area contributed by atoms with E-state index < -0.39 is 10.0 Å². The standard InChI is InChI=1S/C19H25ClN4O3S2/c1-22(2)29(26,27)17-6-4-3-5-15(17)13-21-19(25)24-11-9-23(10-12-24)14-16-7-8-18(20)28-16/h3-8H,9-14H2,1-2H3,(H,21,25). The molecule has 0 saturated carbocycles. The number of hydrogen-bond donors (Lipinski definition) is 1. The number of rotatable bonds is 6.